The number of amides is 2. The second kappa shape index (κ2) is 11.8. The maximum absolute atomic E-state index is 13.5. The van der Waals surface area contributed by atoms with Gasteiger partial charge in [0.25, 0.3) is 5.91 Å². The number of nitrogens with zero attached hydrogens (tertiary/aromatic N) is 2. The lowest BCUT2D eigenvalue weighted by Gasteiger charge is -2.18. The molecule has 5 nitrogen and oxygen atoms in total. The quantitative estimate of drug-likeness (QED) is 0.281. The summed E-state index contributed by atoms with van der Waals surface area (Å²) < 4.78 is 39.8. The lowest BCUT2D eigenvalue weighted by Crippen LogP contribution is -2.32. The number of nitriles is 1. The molecule has 0 saturated carbocycles. The number of rotatable bonds is 7. The first kappa shape index (κ1) is 27.3. The summed E-state index contributed by atoms with van der Waals surface area (Å²) >= 11 is 7.14. The molecule has 1 heterocycles. The van der Waals surface area contributed by atoms with Gasteiger partial charge in [-0.1, -0.05) is 71.9 Å². The maximum Gasteiger partial charge on any atom is 0.416 e. The summed E-state index contributed by atoms with van der Waals surface area (Å²) in [6.45, 7) is 0.272. The second-order valence-electron chi connectivity index (χ2n) is 8.41. The third-order valence-corrected chi connectivity index (χ3v) is 7.47. The van der Waals surface area contributed by atoms with E-state index in [9.17, 15) is 28.0 Å². The molecule has 10 heteroatoms. The van der Waals surface area contributed by atoms with Crippen molar-refractivity contribution in [3.8, 4) is 6.07 Å². The van der Waals surface area contributed by atoms with E-state index >= 15 is 0 Å². The minimum atomic E-state index is -4.57. The third kappa shape index (κ3) is 6.21. The molecule has 0 spiro atoms. The van der Waals surface area contributed by atoms with Crippen molar-refractivity contribution >= 4 is 40.9 Å². The zero-order valence-corrected chi connectivity index (χ0v) is 21.4. The van der Waals surface area contributed by atoms with Gasteiger partial charge in [-0.3, -0.25) is 14.5 Å². The Morgan fingerprint density at radius 2 is 1.71 bits per heavy atom. The summed E-state index contributed by atoms with van der Waals surface area (Å²) in [6, 6.07) is 22.8. The Labute approximate surface area is 226 Å². The first-order valence-corrected chi connectivity index (χ1v) is 12.8. The highest BCUT2D eigenvalue weighted by atomic mass is 35.5. The minimum absolute atomic E-state index is 0.0919. The number of para-hydroxylation sites is 1. The highest BCUT2D eigenvalue weighted by molar-refractivity contribution is 8.05. The Kier molecular flexibility index (Phi) is 8.45. The van der Waals surface area contributed by atoms with Crippen LogP contribution in [0.2, 0.25) is 5.02 Å². The number of alkyl halides is 3. The Hall–Kier alpha value is -3.74. The van der Waals surface area contributed by atoms with Gasteiger partial charge in [0.05, 0.1) is 10.8 Å². The summed E-state index contributed by atoms with van der Waals surface area (Å²) in [7, 11) is 0. The van der Waals surface area contributed by atoms with E-state index in [1.807, 2.05) is 36.4 Å². The summed E-state index contributed by atoms with van der Waals surface area (Å²) in [5, 5.41) is 11.9. The second-order valence-corrected chi connectivity index (χ2v) is 10.0. The van der Waals surface area contributed by atoms with E-state index < -0.39 is 28.8 Å². The van der Waals surface area contributed by atoms with Crippen molar-refractivity contribution < 1.29 is 22.8 Å². The number of carbonyl (C=O) groups is 2. The van der Waals surface area contributed by atoms with Crippen LogP contribution in [0.1, 0.15) is 16.7 Å². The van der Waals surface area contributed by atoms with Gasteiger partial charge in [-0.25, -0.2) is 0 Å². The predicted molar refractivity (Wildman–Crippen MR) is 141 cm³/mol. The summed E-state index contributed by atoms with van der Waals surface area (Å²) in [6.07, 6.45) is -4.14. The lowest BCUT2D eigenvalue weighted by molar-refractivity contribution is -0.137. The van der Waals surface area contributed by atoms with Crippen LogP contribution in [-0.2, 0) is 28.6 Å². The van der Waals surface area contributed by atoms with Crippen LogP contribution in [0, 0.1) is 11.3 Å². The SMILES string of the molecule is N#C/C(C(=O)NCCc1ccccc1)=C1/SC(Cc2cc(C(F)(F)F)ccc2Cl)C(=O)N1c1ccccc1. The van der Waals surface area contributed by atoms with Gasteiger partial charge < -0.3 is 5.32 Å². The van der Waals surface area contributed by atoms with Crippen molar-refractivity contribution in [2.75, 3.05) is 11.4 Å². The zero-order chi connectivity index (χ0) is 27.3. The van der Waals surface area contributed by atoms with Gasteiger partial charge in [0.1, 0.15) is 16.7 Å². The molecule has 3 aromatic carbocycles. The Morgan fingerprint density at radius 3 is 2.34 bits per heavy atom. The Morgan fingerprint density at radius 1 is 1.05 bits per heavy atom. The average molecular weight is 556 g/mol. The van der Waals surface area contributed by atoms with Crippen molar-refractivity contribution in [2.24, 2.45) is 0 Å². The molecule has 3 aromatic rings. The van der Waals surface area contributed by atoms with Crippen molar-refractivity contribution in [1.29, 1.82) is 5.26 Å². The molecule has 1 aliphatic rings. The molecule has 194 valence electrons. The van der Waals surface area contributed by atoms with Crippen molar-refractivity contribution in [3.05, 3.63) is 111 Å². The molecule has 4 rings (SSSR count). The maximum atomic E-state index is 13.5. The Bertz CT molecular complexity index is 1410. The van der Waals surface area contributed by atoms with Gasteiger partial charge in [0.15, 0.2) is 0 Å². The van der Waals surface area contributed by atoms with Crippen LogP contribution in [0.5, 0.6) is 0 Å². The molecular formula is C28H21ClF3N3O2S. The molecule has 0 radical (unpaired) electrons. The highest BCUT2D eigenvalue weighted by Crippen LogP contribution is 2.43. The van der Waals surface area contributed by atoms with E-state index in [2.05, 4.69) is 5.32 Å². The van der Waals surface area contributed by atoms with Crippen molar-refractivity contribution in [2.45, 2.75) is 24.3 Å². The standard InChI is InChI=1S/C28H21ClF3N3O2S/c29-23-12-11-20(28(30,31)32)15-19(23)16-24-26(37)35(21-9-5-2-6-10-21)27(38-24)22(17-33)25(36)34-14-13-18-7-3-1-4-8-18/h1-12,15,24H,13-14,16H2,(H,34,36)/b27-22-. The van der Waals surface area contributed by atoms with Crippen LogP contribution in [0.15, 0.2) is 89.5 Å². The van der Waals surface area contributed by atoms with E-state index in [0.29, 0.717) is 12.1 Å². The molecule has 0 aliphatic carbocycles. The lowest BCUT2D eigenvalue weighted by atomic mass is 10.0. The molecule has 1 N–H and O–H groups in total. The van der Waals surface area contributed by atoms with E-state index in [1.165, 1.54) is 4.90 Å². The van der Waals surface area contributed by atoms with Crippen molar-refractivity contribution in [1.82, 2.24) is 5.32 Å². The monoisotopic (exact) mass is 555 g/mol. The largest absolute Gasteiger partial charge is 0.416 e. The normalized spacial score (nSPS) is 16.8. The molecule has 1 aliphatic heterocycles. The summed E-state index contributed by atoms with van der Waals surface area (Å²) in [5.41, 5.74) is 0.458. The molecule has 0 aromatic heterocycles. The van der Waals surface area contributed by atoms with Gasteiger partial charge in [0.2, 0.25) is 5.91 Å². The van der Waals surface area contributed by atoms with Crippen molar-refractivity contribution in [3.63, 3.8) is 0 Å². The van der Waals surface area contributed by atoms with E-state index in [0.717, 1.165) is 35.5 Å². The molecule has 1 unspecified atom stereocenters. The van der Waals surface area contributed by atoms with E-state index in [1.54, 1.807) is 30.3 Å². The predicted octanol–water partition coefficient (Wildman–Crippen LogP) is 6.14. The fraction of sp³-hybridized carbons (Fsp3) is 0.179. The molecule has 1 atom stereocenters. The number of anilines is 1. The molecular weight excluding hydrogens is 535 g/mol. The summed E-state index contributed by atoms with van der Waals surface area (Å²) in [4.78, 5) is 27.8. The van der Waals surface area contributed by atoms with Crippen LogP contribution in [0.25, 0.3) is 0 Å². The van der Waals surface area contributed by atoms with Crippen LogP contribution < -0.4 is 10.2 Å². The number of hydrogen-bond donors (Lipinski definition) is 1. The molecule has 38 heavy (non-hydrogen) atoms. The number of halogens is 4. The number of benzene rings is 3. The minimum Gasteiger partial charge on any atom is -0.351 e. The van der Waals surface area contributed by atoms with Gasteiger partial charge in [0, 0.05) is 17.3 Å². The molecule has 2 amide bonds. The number of nitrogens with one attached hydrogen (secondary N) is 1. The Balaban J connectivity index is 1.63. The first-order chi connectivity index (χ1) is 18.2. The third-order valence-electron chi connectivity index (χ3n) is 5.84. The first-order valence-electron chi connectivity index (χ1n) is 11.6. The highest BCUT2D eigenvalue weighted by Gasteiger charge is 2.41. The number of carbonyl (C=O) groups excluding carboxylic acids is 2. The molecule has 0 bridgehead atoms. The smallest absolute Gasteiger partial charge is 0.351 e. The van der Waals surface area contributed by atoms with Crippen LogP contribution in [0.3, 0.4) is 0 Å². The fourth-order valence-electron chi connectivity index (χ4n) is 3.96. The number of hydrogen-bond acceptors (Lipinski definition) is 4. The van der Waals surface area contributed by atoms with Gasteiger partial charge >= 0.3 is 6.18 Å². The van der Waals surface area contributed by atoms with Gasteiger partial charge in [-0.05, 0) is 54.3 Å². The van der Waals surface area contributed by atoms with E-state index in [-0.39, 0.29) is 34.2 Å². The van der Waals surface area contributed by atoms with Gasteiger partial charge in [-0.15, -0.1) is 0 Å². The topological polar surface area (TPSA) is 73.2 Å². The molecule has 1 saturated heterocycles. The van der Waals surface area contributed by atoms with E-state index in [4.69, 9.17) is 11.6 Å². The zero-order valence-electron chi connectivity index (χ0n) is 19.8. The molecule has 1 fully saturated rings. The van der Waals surface area contributed by atoms with Gasteiger partial charge in [-0.2, -0.15) is 18.4 Å². The average Bonchev–Trinajstić information content (AvgIpc) is 3.21. The van der Waals surface area contributed by atoms with Crippen LogP contribution in [-0.4, -0.2) is 23.6 Å². The fourth-order valence-corrected chi connectivity index (χ4v) is 5.45. The van der Waals surface area contributed by atoms with Crippen LogP contribution in [0.4, 0.5) is 18.9 Å². The number of thioether (sulfide) groups is 1. The summed E-state index contributed by atoms with van der Waals surface area (Å²) in [5.74, 6) is -1.10. The van der Waals surface area contributed by atoms with Crippen LogP contribution >= 0.6 is 23.4 Å².